The molecule has 1 atom stereocenters. The minimum atomic E-state index is -0.853. The fourth-order valence-electron chi connectivity index (χ4n) is 3.52. The van der Waals surface area contributed by atoms with E-state index in [0.717, 1.165) is 5.56 Å². The molecule has 0 radical (unpaired) electrons. The lowest BCUT2D eigenvalue weighted by molar-refractivity contribution is -0.140. The number of carbonyl (C=O) groups is 2. The third-order valence-corrected chi connectivity index (χ3v) is 4.96. The zero-order chi connectivity index (χ0) is 20.5. The molecule has 1 saturated heterocycles. The molecular formula is C23H19NO5. The highest BCUT2D eigenvalue weighted by molar-refractivity contribution is 6.46. The number of hydrogen-bond donors (Lipinski definition) is 2. The summed E-state index contributed by atoms with van der Waals surface area (Å²) in [4.78, 5) is 27.1. The average molecular weight is 389 g/mol. The number of phenols is 1. The largest absolute Gasteiger partial charge is 0.508 e. The van der Waals surface area contributed by atoms with Crippen LogP contribution in [0.1, 0.15) is 28.5 Å². The summed E-state index contributed by atoms with van der Waals surface area (Å²) in [6, 6.07) is 15.9. The van der Waals surface area contributed by atoms with E-state index in [-0.39, 0.29) is 23.6 Å². The van der Waals surface area contributed by atoms with Crippen molar-refractivity contribution in [2.45, 2.75) is 19.5 Å². The van der Waals surface area contributed by atoms with Crippen molar-refractivity contribution in [3.05, 3.63) is 95.0 Å². The maximum absolute atomic E-state index is 12.9. The molecule has 29 heavy (non-hydrogen) atoms. The van der Waals surface area contributed by atoms with Gasteiger partial charge in [0, 0.05) is 5.56 Å². The van der Waals surface area contributed by atoms with E-state index >= 15 is 0 Å². The standard InChI is InChI=1S/C23H19NO5/c1-14-7-9-15(10-8-14)21(26)19-20(16-4-2-5-17(25)12-16)24(23(28)22(19)27)13-18-6-3-11-29-18/h2-12,20,25-26H,13H2,1H3/t20-/m0/s1. The molecule has 6 nitrogen and oxygen atoms in total. The first kappa shape index (κ1) is 18.6. The number of carbonyl (C=O) groups excluding carboxylic acids is 2. The second-order valence-electron chi connectivity index (χ2n) is 6.97. The van der Waals surface area contributed by atoms with Crippen LogP contribution in [-0.2, 0) is 16.1 Å². The molecule has 0 unspecified atom stereocenters. The first-order chi connectivity index (χ1) is 14.0. The first-order valence-electron chi connectivity index (χ1n) is 9.12. The number of nitrogens with zero attached hydrogens (tertiary/aromatic N) is 1. The quantitative estimate of drug-likeness (QED) is 0.401. The SMILES string of the molecule is Cc1ccc(C(O)=C2C(=O)C(=O)N(Cc3ccco3)[C@H]2c2cccc(O)c2)cc1. The lowest BCUT2D eigenvalue weighted by Gasteiger charge is -2.24. The van der Waals surface area contributed by atoms with Gasteiger partial charge in [-0.05, 0) is 36.8 Å². The number of furan rings is 1. The molecule has 2 heterocycles. The number of aryl methyl sites for hydroxylation is 1. The molecule has 4 rings (SSSR count). The summed E-state index contributed by atoms with van der Waals surface area (Å²) in [5.41, 5.74) is 1.95. The third-order valence-electron chi connectivity index (χ3n) is 4.96. The molecule has 1 aromatic heterocycles. The van der Waals surface area contributed by atoms with Crippen LogP contribution in [0.25, 0.3) is 5.76 Å². The smallest absolute Gasteiger partial charge is 0.296 e. The number of phenolic OH excluding ortho intramolecular Hbond substituents is 1. The molecule has 0 aliphatic carbocycles. The molecule has 3 aromatic rings. The predicted octanol–water partition coefficient (Wildman–Crippen LogP) is 3.92. The normalized spacial score (nSPS) is 18.4. The Balaban J connectivity index is 1.87. The van der Waals surface area contributed by atoms with Gasteiger partial charge in [0.25, 0.3) is 11.7 Å². The molecule has 1 aliphatic rings. The third kappa shape index (κ3) is 3.40. The van der Waals surface area contributed by atoms with Gasteiger partial charge in [-0.25, -0.2) is 0 Å². The topological polar surface area (TPSA) is 91.0 Å². The predicted molar refractivity (Wildman–Crippen MR) is 106 cm³/mol. The Kier molecular flexibility index (Phi) is 4.68. The molecule has 1 amide bonds. The lowest BCUT2D eigenvalue weighted by Crippen LogP contribution is -2.29. The number of aliphatic hydroxyl groups is 1. The van der Waals surface area contributed by atoms with Crippen LogP contribution < -0.4 is 0 Å². The van der Waals surface area contributed by atoms with Crippen molar-refractivity contribution in [3.8, 4) is 5.75 Å². The molecule has 0 saturated carbocycles. The van der Waals surface area contributed by atoms with Gasteiger partial charge in [0.05, 0.1) is 24.4 Å². The second-order valence-corrected chi connectivity index (χ2v) is 6.97. The summed E-state index contributed by atoms with van der Waals surface area (Å²) in [6.07, 6.45) is 1.49. The van der Waals surface area contributed by atoms with Crippen molar-refractivity contribution < 1.29 is 24.2 Å². The number of rotatable bonds is 4. The number of benzene rings is 2. The van der Waals surface area contributed by atoms with E-state index in [0.29, 0.717) is 16.9 Å². The van der Waals surface area contributed by atoms with E-state index < -0.39 is 17.7 Å². The highest BCUT2D eigenvalue weighted by atomic mass is 16.3. The van der Waals surface area contributed by atoms with E-state index in [1.807, 2.05) is 19.1 Å². The van der Waals surface area contributed by atoms with E-state index in [9.17, 15) is 19.8 Å². The fraction of sp³-hybridized carbons (Fsp3) is 0.130. The molecule has 0 bridgehead atoms. The second kappa shape index (κ2) is 7.31. The molecule has 2 N–H and O–H groups in total. The molecule has 2 aromatic carbocycles. The van der Waals surface area contributed by atoms with Crippen molar-refractivity contribution in [1.29, 1.82) is 0 Å². The average Bonchev–Trinajstić information content (AvgIpc) is 3.30. The van der Waals surface area contributed by atoms with Crippen LogP contribution in [0, 0.1) is 6.92 Å². The van der Waals surface area contributed by atoms with Crippen LogP contribution in [0.5, 0.6) is 5.75 Å². The van der Waals surface area contributed by atoms with Crippen LogP contribution in [0.3, 0.4) is 0 Å². The molecule has 1 fully saturated rings. The Morgan fingerprint density at radius 1 is 1.07 bits per heavy atom. The van der Waals surface area contributed by atoms with Crippen LogP contribution in [-0.4, -0.2) is 26.8 Å². The zero-order valence-corrected chi connectivity index (χ0v) is 15.7. The van der Waals surface area contributed by atoms with Gasteiger partial charge in [-0.1, -0.05) is 42.0 Å². The van der Waals surface area contributed by atoms with Crippen LogP contribution >= 0.6 is 0 Å². The number of aliphatic hydroxyl groups excluding tert-OH is 1. The van der Waals surface area contributed by atoms with Crippen molar-refractivity contribution in [1.82, 2.24) is 4.90 Å². The Morgan fingerprint density at radius 3 is 2.48 bits per heavy atom. The number of hydrogen-bond acceptors (Lipinski definition) is 5. The number of aromatic hydroxyl groups is 1. The van der Waals surface area contributed by atoms with Gasteiger partial charge >= 0.3 is 0 Å². The number of ketones is 1. The molecular weight excluding hydrogens is 370 g/mol. The summed E-state index contributed by atoms with van der Waals surface area (Å²) in [6.45, 7) is 1.97. The Morgan fingerprint density at radius 2 is 1.83 bits per heavy atom. The van der Waals surface area contributed by atoms with Crippen LogP contribution in [0.4, 0.5) is 0 Å². The highest BCUT2D eigenvalue weighted by Gasteiger charge is 2.46. The van der Waals surface area contributed by atoms with Crippen molar-refractivity contribution in [3.63, 3.8) is 0 Å². The maximum atomic E-state index is 12.9. The highest BCUT2D eigenvalue weighted by Crippen LogP contribution is 2.41. The van der Waals surface area contributed by atoms with E-state index in [1.54, 1.807) is 36.4 Å². The summed E-state index contributed by atoms with van der Waals surface area (Å²) in [5, 5.41) is 20.9. The van der Waals surface area contributed by atoms with Gasteiger partial charge in [-0.2, -0.15) is 0 Å². The van der Waals surface area contributed by atoms with Gasteiger partial charge in [-0.15, -0.1) is 0 Å². The van der Waals surface area contributed by atoms with Crippen molar-refractivity contribution >= 4 is 17.4 Å². The summed E-state index contributed by atoms with van der Waals surface area (Å²) in [5.74, 6) is -1.25. The maximum Gasteiger partial charge on any atom is 0.296 e. The number of amides is 1. The lowest BCUT2D eigenvalue weighted by atomic mass is 9.95. The fourth-order valence-corrected chi connectivity index (χ4v) is 3.52. The van der Waals surface area contributed by atoms with Gasteiger partial charge in [0.2, 0.25) is 0 Å². The zero-order valence-electron chi connectivity index (χ0n) is 15.7. The molecule has 146 valence electrons. The Labute approximate surface area is 167 Å². The van der Waals surface area contributed by atoms with Crippen LogP contribution in [0.2, 0.25) is 0 Å². The number of likely N-dealkylation sites (tertiary alicyclic amines) is 1. The minimum Gasteiger partial charge on any atom is -0.508 e. The Bertz CT molecular complexity index is 1100. The summed E-state index contributed by atoms with van der Waals surface area (Å²) in [7, 11) is 0. The van der Waals surface area contributed by atoms with E-state index in [2.05, 4.69) is 0 Å². The van der Waals surface area contributed by atoms with Gasteiger partial charge in [-0.3, -0.25) is 9.59 Å². The van der Waals surface area contributed by atoms with E-state index in [1.165, 1.54) is 23.3 Å². The first-order valence-corrected chi connectivity index (χ1v) is 9.12. The van der Waals surface area contributed by atoms with Crippen molar-refractivity contribution in [2.75, 3.05) is 0 Å². The van der Waals surface area contributed by atoms with E-state index in [4.69, 9.17) is 4.42 Å². The molecule has 1 aliphatic heterocycles. The van der Waals surface area contributed by atoms with Gasteiger partial charge in [0.15, 0.2) is 0 Å². The summed E-state index contributed by atoms with van der Waals surface area (Å²) < 4.78 is 5.35. The monoisotopic (exact) mass is 389 g/mol. The van der Waals surface area contributed by atoms with Crippen LogP contribution in [0.15, 0.2) is 76.9 Å². The van der Waals surface area contributed by atoms with Crippen molar-refractivity contribution in [2.24, 2.45) is 0 Å². The molecule has 0 spiro atoms. The van der Waals surface area contributed by atoms with Gasteiger partial charge in [0.1, 0.15) is 17.3 Å². The van der Waals surface area contributed by atoms with Gasteiger partial charge < -0.3 is 19.5 Å². The number of Topliss-reactive ketones (excluding diaryl/α,β-unsaturated/α-hetero) is 1. The molecule has 6 heteroatoms. The Hall–Kier alpha value is -3.80. The summed E-state index contributed by atoms with van der Waals surface area (Å²) >= 11 is 0. The minimum absolute atomic E-state index is 0.00132.